The molecular weight excluding hydrogens is 376 g/mol. The first-order chi connectivity index (χ1) is 14.1. The Morgan fingerprint density at radius 2 is 1.77 bits per heavy atom. The van der Waals surface area contributed by atoms with Crippen molar-refractivity contribution in [3.05, 3.63) is 46.8 Å². The van der Waals surface area contributed by atoms with E-state index in [2.05, 4.69) is 33.0 Å². The summed E-state index contributed by atoms with van der Waals surface area (Å²) in [6, 6.07) is 7.44. The lowest BCUT2D eigenvalue weighted by molar-refractivity contribution is -0.116. The molecule has 0 fully saturated rings. The summed E-state index contributed by atoms with van der Waals surface area (Å²) in [7, 11) is 0. The van der Waals surface area contributed by atoms with Gasteiger partial charge in [-0.2, -0.15) is 5.10 Å². The van der Waals surface area contributed by atoms with E-state index in [1.54, 1.807) is 0 Å². The predicted molar refractivity (Wildman–Crippen MR) is 121 cm³/mol. The second-order valence-corrected chi connectivity index (χ2v) is 8.67. The fourth-order valence-corrected chi connectivity index (χ4v) is 3.81. The van der Waals surface area contributed by atoms with Crippen LogP contribution in [0.1, 0.15) is 56.6 Å². The standard InChI is InChI=1S/C24H32N4O2/c1-8-30-19-11-9-18(10-12-19)26-21(29)14-13-20-15(2)22-17(4)27-28(24(5,6)7)23(22)25-16(20)3/h9-12H,8,13-14H2,1-7H3,(H,26,29). The molecule has 1 amide bonds. The second kappa shape index (κ2) is 8.46. The molecule has 0 saturated carbocycles. The van der Waals surface area contributed by atoms with Crippen molar-refractivity contribution in [2.75, 3.05) is 11.9 Å². The van der Waals surface area contributed by atoms with Gasteiger partial charge in [-0.3, -0.25) is 4.79 Å². The molecule has 0 radical (unpaired) electrons. The minimum Gasteiger partial charge on any atom is -0.494 e. The van der Waals surface area contributed by atoms with Crippen LogP contribution in [0.5, 0.6) is 5.75 Å². The summed E-state index contributed by atoms with van der Waals surface area (Å²) in [4.78, 5) is 17.4. The van der Waals surface area contributed by atoms with Crippen molar-refractivity contribution in [2.45, 2.75) is 66.8 Å². The van der Waals surface area contributed by atoms with E-state index in [0.29, 0.717) is 19.4 Å². The van der Waals surface area contributed by atoms with Crippen LogP contribution in [0.4, 0.5) is 5.69 Å². The third-order valence-electron chi connectivity index (χ3n) is 5.26. The van der Waals surface area contributed by atoms with Gasteiger partial charge in [-0.25, -0.2) is 9.67 Å². The summed E-state index contributed by atoms with van der Waals surface area (Å²) in [5, 5.41) is 8.80. The van der Waals surface area contributed by atoms with Gasteiger partial charge in [0.1, 0.15) is 5.75 Å². The zero-order valence-electron chi connectivity index (χ0n) is 19.1. The number of anilines is 1. The molecule has 0 spiro atoms. The highest BCUT2D eigenvalue weighted by atomic mass is 16.5. The lowest BCUT2D eigenvalue weighted by atomic mass is 9.99. The molecule has 0 aliphatic heterocycles. The number of amides is 1. The summed E-state index contributed by atoms with van der Waals surface area (Å²) < 4.78 is 7.44. The number of aromatic nitrogens is 3. The summed E-state index contributed by atoms with van der Waals surface area (Å²) in [5.74, 6) is 0.785. The first kappa shape index (κ1) is 21.8. The molecule has 1 aromatic carbocycles. The Balaban J connectivity index is 1.77. The first-order valence-electron chi connectivity index (χ1n) is 10.5. The number of hydrogen-bond donors (Lipinski definition) is 1. The predicted octanol–water partition coefficient (Wildman–Crippen LogP) is 5.08. The van der Waals surface area contributed by atoms with Crippen LogP contribution >= 0.6 is 0 Å². The average Bonchev–Trinajstić information content (AvgIpc) is 3.00. The van der Waals surface area contributed by atoms with Gasteiger partial charge in [0.05, 0.1) is 17.8 Å². The summed E-state index contributed by atoms with van der Waals surface area (Å²) in [6.45, 7) is 15.1. The maximum Gasteiger partial charge on any atom is 0.224 e. The number of nitrogens with one attached hydrogen (secondary N) is 1. The van der Waals surface area contributed by atoms with E-state index in [1.165, 1.54) is 5.56 Å². The van der Waals surface area contributed by atoms with Crippen molar-refractivity contribution >= 4 is 22.6 Å². The number of aryl methyl sites for hydroxylation is 3. The van der Waals surface area contributed by atoms with Gasteiger partial charge < -0.3 is 10.1 Å². The number of rotatable bonds is 6. The summed E-state index contributed by atoms with van der Waals surface area (Å²) in [5.41, 5.74) is 5.77. The first-order valence-corrected chi connectivity index (χ1v) is 10.5. The molecule has 3 aromatic rings. The van der Waals surface area contributed by atoms with Gasteiger partial charge in [-0.15, -0.1) is 0 Å². The van der Waals surface area contributed by atoms with Crippen LogP contribution in [0, 0.1) is 20.8 Å². The molecule has 6 nitrogen and oxygen atoms in total. The summed E-state index contributed by atoms with van der Waals surface area (Å²) in [6.07, 6.45) is 1.04. The molecule has 3 rings (SSSR count). The minimum absolute atomic E-state index is 0.0137. The number of nitrogens with zero attached hydrogens (tertiary/aromatic N) is 3. The fourth-order valence-electron chi connectivity index (χ4n) is 3.81. The molecule has 30 heavy (non-hydrogen) atoms. The molecule has 0 aliphatic carbocycles. The van der Waals surface area contributed by atoms with Crippen LogP contribution in [0.15, 0.2) is 24.3 Å². The average molecular weight is 409 g/mol. The fraction of sp³-hybridized carbons (Fsp3) is 0.458. The topological polar surface area (TPSA) is 69.0 Å². The van der Waals surface area contributed by atoms with Gasteiger partial charge in [0.15, 0.2) is 5.65 Å². The molecule has 0 atom stereocenters. The lowest BCUT2D eigenvalue weighted by Crippen LogP contribution is -2.23. The van der Waals surface area contributed by atoms with E-state index in [-0.39, 0.29) is 11.4 Å². The highest BCUT2D eigenvalue weighted by Gasteiger charge is 2.23. The van der Waals surface area contributed by atoms with Gasteiger partial charge in [0.2, 0.25) is 5.91 Å². The van der Waals surface area contributed by atoms with Crippen molar-refractivity contribution < 1.29 is 9.53 Å². The monoisotopic (exact) mass is 408 g/mol. The molecule has 160 valence electrons. The van der Waals surface area contributed by atoms with Crippen LogP contribution in [0.2, 0.25) is 0 Å². The molecule has 0 aliphatic rings. The Morgan fingerprint density at radius 1 is 1.10 bits per heavy atom. The van der Waals surface area contributed by atoms with Crippen LogP contribution < -0.4 is 10.1 Å². The van der Waals surface area contributed by atoms with E-state index >= 15 is 0 Å². The molecule has 2 aromatic heterocycles. The SMILES string of the molecule is CCOc1ccc(NC(=O)CCc2c(C)nc3c(c(C)nn3C(C)(C)C)c2C)cc1. The zero-order valence-corrected chi connectivity index (χ0v) is 19.1. The third kappa shape index (κ3) is 4.48. The van der Waals surface area contributed by atoms with Crippen molar-refractivity contribution in [1.29, 1.82) is 0 Å². The largest absolute Gasteiger partial charge is 0.494 e. The Hall–Kier alpha value is -2.89. The van der Waals surface area contributed by atoms with E-state index in [4.69, 9.17) is 14.8 Å². The van der Waals surface area contributed by atoms with Crippen LogP contribution in [0.25, 0.3) is 11.0 Å². The summed E-state index contributed by atoms with van der Waals surface area (Å²) >= 11 is 0. The smallest absolute Gasteiger partial charge is 0.224 e. The second-order valence-electron chi connectivity index (χ2n) is 8.67. The van der Waals surface area contributed by atoms with Crippen molar-refractivity contribution in [2.24, 2.45) is 0 Å². The Kier molecular flexibility index (Phi) is 6.15. The highest BCUT2D eigenvalue weighted by molar-refractivity contribution is 5.91. The highest BCUT2D eigenvalue weighted by Crippen LogP contribution is 2.29. The van der Waals surface area contributed by atoms with Crippen molar-refractivity contribution in [3.8, 4) is 5.75 Å². The number of fused-ring (bicyclic) bond motifs is 1. The van der Waals surface area contributed by atoms with Gasteiger partial charge in [-0.1, -0.05) is 0 Å². The van der Waals surface area contributed by atoms with Crippen LogP contribution in [-0.4, -0.2) is 27.3 Å². The van der Waals surface area contributed by atoms with E-state index in [9.17, 15) is 4.79 Å². The number of carbonyl (C=O) groups is 1. The Bertz CT molecular complexity index is 1060. The van der Waals surface area contributed by atoms with Gasteiger partial charge >= 0.3 is 0 Å². The minimum atomic E-state index is -0.141. The number of pyridine rings is 1. The maximum absolute atomic E-state index is 12.5. The van der Waals surface area contributed by atoms with Gasteiger partial charge in [0, 0.05) is 23.2 Å². The molecule has 1 N–H and O–H groups in total. The molecule has 6 heteroatoms. The molecular formula is C24H32N4O2. The molecule has 0 bridgehead atoms. The molecule has 0 saturated heterocycles. The van der Waals surface area contributed by atoms with Crippen molar-refractivity contribution in [1.82, 2.24) is 14.8 Å². The van der Waals surface area contributed by atoms with E-state index in [0.717, 1.165) is 39.4 Å². The van der Waals surface area contributed by atoms with Crippen molar-refractivity contribution in [3.63, 3.8) is 0 Å². The quantitative estimate of drug-likeness (QED) is 0.617. The van der Waals surface area contributed by atoms with E-state index < -0.39 is 0 Å². The zero-order chi connectivity index (χ0) is 22.1. The number of carbonyl (C=O) groups excluding carboxylic acids is 1. The third-order valence-corrected chi connectivity index (χ3v) is 5.26. The maximum atomic E-state index is 12.5. The Morgan fingerprint density at radius 3 is 2.37 bits per heavy atom. The van der Waals surface area contributed by atoms with Gasteiger partial charge in [-0.05, 0) is 90.3 Å². The molecule has 2 heterocycles. The Labute approximate surface area is 178 Å². The number of hydrogen-bond acceptors (Lipinski definition) is 4. The number of ether oxygens (including phenoxy) is 1. The lowest BCUT2D eigenvalue weighted by Gasteiger charge is -2.20. The van der Waals surface area contributed by atoms with Crippen LogP contribution in [0.3, 0.4) is 0 Å². The number of benzene rings is 1. The van der Waals surface area contributed by atoms with Crippen LogP contribution in [-0.2, 0) is 16.8 Å². The van der Waals surface area contributed by atoms with E-state index in [1.807, 2.05) is 49.7 Å². The normalized spacial score (nSPS) is 11.7. The van der Waals surface area contributed by atoms with Gasteiger partial charge in [0.25, 0.3) is 0 Å². The molecule has 0 unspecified atom stereocenters.